The minimum atomic E-state index is -0.0997. The number of aryl methyl sites for hydroxylation is 2. The number of anilines is 1. The predicted molar refractivity (Wildman–Crippen MR) is 82.3 cm³/mol. The molecule has 0 radical (unpaired) electrons. The molecule has 1 amide bonds. The zero-order chi connectivity index (χ0) is 14.8. The molecule has 2 aromatic heterocycles. The smallest absolute Gasteiger partial charge is 0.230 e. The average Bonchev–Trinajstić information content (AvgIpc) is 2.81. The van der Waals surface area contributed by atoms with Crippen molar-refractivity contribution in [2.75, 3.05) is 5.32 Å². The number of rotatable bonds is 3. The zero-order valence-electron chi connectivity index (χ0n) is 12.0. The molecule has 0 fully saturated rings. The number of carbonyl (C=O) groups is 1. The normalized spacial score (nSPS) is 10.8. The van der Waals surface area contributed by atoms with Crippen LogP contribution in [0, 0.1) is 13.8 Å². The third-order valence-electron chi connectivity index (χ3n) is 3.34. The highest BCUT2D eigenvalue weighted by Gasteiger charge is 2.11. The van der Waals surface area contributed by atoms with Gasteiger partial charge in [-0.3, -0.25) is 4.79 Å². The second-order valence-corrected chi connectivity index (χ2v) is 5.20. The van der Waals surface area contributed by atoms with E-state index < -0.39 is 0 Å². The van der Waals surface area contributed by atoms with Crippen molar-refractivity contribution >= 4 is 22.7 Å². The Labute approximate surface area is 122 Å². The van der Waals surface area contributed by atoms with E-state index in [1.54, 1.807) is 12.5 Å². The standard InChI is InChI=1S/C17H16N2O2/c1-11-3-4-15-14(7-11)13(10-21-15)9-17(20)19-16-8-12(2)5-6-18-16/h3-8,10H,9H2,1-2H3,(H,18,19,20). The van der Waals surface area contributed by atoms with Crippen LogP contribution in [0.5, 0.6) is 0 Å². The first-order chi connectivity index (χ1) is 10.1. The molecule has 1 N–H and O–H groups in total. The summed E-state index contributed by atoms with van der Waals surface area (Å²) in [7, 11) is 0. The second kappa shape index (κ2) is 5.40. The summed E-state index contributed by atoms with van der Waals surface area (Å²) in [5.74, 6) is 0.473. The molecule has 4 nitrogen and oxygen atoms in total. The summed E-state index contributed by atoms with van der Waals surface area (Å²) in [6, 6.07) is 9.68. The molecule has 0 unspecified atom stereocenters. The van der Waals surface area contributed by atoms with Crippen molar-refractivity contribution < 1.29 is 9.21 Å². The molecule has 0 spiro atoms. The number of carbonyl (C=O) groups excluding carboxylic acids is 1. The van der Waals surface area contributed by atoms with Crippen LogP contribution in [0.4, 0.5) is 5.82 Å². The highest BCUT2D eigenvalue weighted by Crippen LogP contribution is 2.23. The van der Waals surface area contributed by atoms with E-state index in [-0.39, 0.29) is 12.3 Å². The van der Waals surface area contributed by atoms with Gasteiger partial charge in [0.15, 0.2) is 0 Å². The van der Waals surface area contributed by atoms with E-state index in [1.807, 2.05) is 44.2 Å². The minimum absolute atomic E-state index is 0.0997. The van der Waals surface area contributed by atoms with Crippen LogP contribution in [-0.4, -0.2) is 10.9 Å². The van der Waals surface area contributed by atoms with Crippen molar-refractivity contribution in [3.63, 3.8) is 0 Å². The number of furan rings is 1. The molecule has 3 aromatic rings. The molecule has 106 valence electrons. The maximum atomic E-state index is 12.1. The van der Waals surface area contributed by atoms with Crippen LogP contribution in [0.15, 0.2) is 47.2 Å². The maximum absolute atomic E-state index is 12.1. The van der Waals surface area contributed by atoms with E-state index in [1.165, 1.54) is 0 Å². The molecule has 0 atom stereocenters. The number of hydrogen-bond acceptors (Lipinski definition) is 3. The van der Waals surface area contributed by atoms with Gasteiger partial charge in [0.05, 0.1) is 12.7 Å². The SMILES string of the molecule is Cc1ccnc(NC(=O)Cc2coc3ccc(C)cc23)c1. The van der Waals surface area contributed by atoms with E-state index in [9.17, 15) is 4.79 Å². The number of nitrogens with one attached hydrogen (secondary N) is 1. The van der Waals surface area contributed by atoms with E-state index in [4.69, 9.17) is 4.42 Å². The fourth-order valence-corrected chi connectivity index (χ4v) is 2.30. The van der Waals surface area contributed by atoms with Crippen molar-refractivity contribution in [2.45, 2.75) is 20.3 Å². The van der Waals surface area contributed by atoms with E-state index in [0.29, 0.717) is 5.82 Å². The zero-order valence-corrected chi connectivity index (χ0v) is 12.0. The minimum Gasteiger partial charge on any atom is -0.464 e. The lowest BCUT2D eigenvalue weighted by Gasteiger charge is -2.04. The van der Waals surface area contributed by atoms with Crippen LogP contribution in [-0.2, 0) is 11.2 Å². The van der Waals surface area contributed by atoms with Gasteiger partial charge in [-0.2, -0.15) is 0 Å². The van der Waals surface area contributed by atoms with Gasteiger partial charge in [-0.1, -0.05) is 11.6 Å². The molecule has 1 aromatic carbocycles. The Hall–Kier alpha value is -2.62. The van der Waals surface area contributed by atoms with Crippen LogP contribution < -0.4 is 5.32 Å². The monoisotopic (exact) mass is 280 g/mol. The first-order valence-electron chi connectivity index (χ1n) is 6.81. The fourth-order valence-electron chi connectivity index (χ4n) is 2.30. The first kappa shape index (κ1) is 13.4. The topological polar surface area (TPSA) is 55.1 Å². The molecule has 21 heavy (non-hydrogen) atoms. The summed E-state index contributed by atoms with van der Waals surface area (Å²) in [6.07, 6.45) is 3.60. The van der Waals surface area contributed by atoms with Crippen molar-refractivity contribution in [1.82, 2.24) is 4.98 Å². The molecule has 0 bridgehead atoms. The van der Waals surface area contributed by atoms with Crippen molar-refractivity contribution in [3.05, 3.63) is 59.5 Å². The van der Waals surface area contributed by atoms with Crippen LogP contribution in [0.2, 0.25) is 0 Å². The van der Waals surface area contributed by atoms with Crippen LogP contribution in [0.3, 0.4) is 0 Å². The molecular formula is C17H16N2O2. The lowest BCUT2D eigenvalue weighted by atomic mass is 10.1. The van der Waals surface area contributed by atoms with Gasteiger partial charge >= 0.3 is 0 Å². The number of nitrogens with zero attached hydrogens (tertiary/aromatic N) is 1. The van der Waals surface area contributed by atoms with Gasteiger partial charge in [0.1, 0.15) is 11.4 Å². The van der Waals surface area contributed by atoms with Crippen molar-refractivity contribution in [1.29, 1.82) is 0 Å². The number of aromatic nitrogens is 1. The maximum Gasteiger partial charge on any atom is 0.230 e. The molecule has 0 aliphatic carbocycles. The molecular weight excluding hydrogens is 264 g/mol. The Bertz CT molecular complexity index is 805. The average molecular weight is 280 g/mol. The first-order valence-corrected chi connectivity index (χ1v) is 6.81. The van der Waals surface area contributed by atoms with Crippen LogP contribution in [0.25, 0.3) is 11.0 Å². The van der Waals surface area contributed by atoms with E-state index >= 15 is 0 Å². The molecule has 0 saturated carbocycles. The third kappa shape index (κ3) is 2.94. The van der Waals surface area contributed by atoms with Crippen molar-refractivity contribution in [2.24, 2.45) is 0 Å². The van der Waals surface area contributed by atoms with Crippen LogP contribution in [0.1, 0.15) is 16.7 Å². The summed E-state index contributed by atoms with van der Waals surface area (Å²) in [4.78, 5) is 16.3. The van der Waals surface area contributed by atoms with Crippen LogP contribution >= 0.6 is 0 Å². The summed E-state index contributed by atoms with van der Waals surface area (Å²) in [5.41, 5.74) is 3.89. The molecule has 2 heterocycles. The summed E-state index contributed by atoms with van der Waals surface area (Å²) < 4.78 is 5.48. The largest absolute Gasteiger partial charge is 0.464 e. The Balaban J connectivity index is 1.79. The lowest BCUT2D eigenvalue weighted by molar-refractivity contribution is -0.115. The summed E-state index contributed by atoms with van der Waals surface area (Å²) >= 11 is 0. The van der Waals surface area contributed by atoms with Crippen molar-refractivity contribution in [3.8, 4) is 0 Å². The molecule has 3 rings (SSSR count). The number of fused-ring (bicyclic) bond motifs is 1. The highest BCUT2D eigenvalue weighted by molar-refractivity contribution is 5.94. The Morgan fingerprint density at radius 3 is 2.81 bits per heavy atom. The predicted octanol–water partition coefficient (Wildman–Crippen LogP) is 3.63. The Morgan fingerprint density at radius 1 is 1.19 bits per heavy atom. The summed E-state index contributed by atoms with van der Waals surface area (Å²) in [6.45, 7) is 3.98. The van der Waals surface area contributed by atoms with Gasteiger partial charge < -0.3 is 9.73 Å². The van der Waals surface area contributed by atoms with Gasteiger partial charge in [-0.05, 0) is 43.7 Å². The van der Waals surface area contributed by atoms with Gasteiger partial charge in [-0.15, -0.1) is 0 Å². The quantitative estimate of drug-likeness (QED) is 0.797. The fraction of sp³-hybridized carbons (Fsp3) is 0.176. The van der Waals surface area contributed by atoms with Gasteiger partial charge in [0.2, 0.25) is 5.91 Å². The number of benzene rings is 1. The van der Waals surface area contributed by atoms with E-state index in [0.717, 1.165) is 27.7 Å². The number of pyridine rings is 1. The molecule has 0 aliphatic rings. The highest BCUT2D eigenvalue weighted by atomic mass is 16.3. The molecule has 4 heteroatoms. The van der Waals surface area contributed by atoms with E-state index in [2.05, 4.69) is 10.3 Å². The molecule has 0 saturated heterocycles. The number of amides is 1. The Morgan fingerprint density at radius 2 is 2.00 bits per heavy atom. The Kier molecular flexibility index (Phi) is 3.44. The number of hydrogen-bond donors (Lipinski definition) is 1. The molecule has 0 aliphatic heterocycles. The third-order valence-corrected chi connectivity index (χ3v) is 3.34. The lowest BCUT2D eigenvalue weighted by Crippen LogP contribution is -2.15. The van der Waals surface area contributed by atoms with Gasteiger partial charge in [0, 0.05) is 17.1 Å². The van der Waals surface area contributed by atoms with Gasteiger partial charge in [-0.25, -0.2) is 4.98 Å². The van der Waals surface area contributed by atoms with Gasteiger partial charge in [0.25, 0.3) is 0 Å². The summed E-state index contributed by atoms with van der Waals surface area (Å²) in [5, 5.41) is 3.80. The second-order valence-electron chi connectivity index (χ2n) is 5.20.